The molecule has 0 aliphatic carbocycles. The summed E-state index contributed by atoms with van der Waals surface area (Å²) in [5, 5.41) is 0.998. The number of hydrogen-bond donors (Lipinski definition) is 0. The van der Waals surface area contributed by atoms with E-state index in [0.717, 1.165) is 36.4 Å². The van der Waals surface area contributed by atoms with E-state index in [2.05, 4.69) is 23.2 Å². The molecule has 102 valence electrons. The first-order chi connectivity index (χ1) is 9.88. The molecule has 20 heavy (non-hydrogen) atoms. The molecule has 1 unspecified atom stereocenters. The van der Waals surface area contributed by atoms with Gasteiger partial charge in [0.05, 0.1) is 6.04 Å². The largest absolute Gasteiger partial charge is 0.338 e. The van der Waals surface area contributed by atoms with Gasteiger partial charge in [-0.1, -0.05) is 36.0 Å². The van der Waals surface area contributed by atoms with Crippen molar-refractivity contribution < 1.29 is 4.79 Å². The van der Waals surface area contributed by atoms with Gasteiger partial charge in [0.25, 0.3) is 0 Å². The minimum absolute atomic E-state index is 0.174. The Morgan fingerprint density at radius 3 is 2.85 bits per heavy atom. The van der Waals surface area contributed by atoms with E-state index in [1.54, 1.807) is 11.8 Å². The molecule has 1 atom stereocenters. The molecule has 0 spiro atoms. The Morgan fingerprint density at radius 2 is 2.05 bits per heavy atom. The second kappa shape index (κ2) is 6.09. The number of carbonyl (C=O) groups is 1. The number of benzene rings is 1. The van der Waals surface area contributed by atoms with Crippen LogP contribution in [0.25, 0.3) is 0 Å². The lowest BCUT2D eigenvalue weighted by molar-refractivity contribution is -0.118. The standard InChI is InChI=1S/C16H16N2OS/c19-12-18-11-5-9-15(18)14-8-4-10-17-16(14)20-13-6-2-1-3-7-13/h1-4,6-8,10,12,15H,5,9,11H2. The molecule has 0 N–H and O–H groups in total. The molecular formula is C16H16N2OS. The summed E-state index contributed by atoms with van der Waals surface area (Å²) < 4.78 is 0. The molecule has 1 aromatic heterocycles. The van der Waals surface area contributed by atoms with Crippen LogP contribution in [0.4, 0.5) is 0 Å². The van der Waals surface area contributed by atoms with Crippen LogP contribution in [0.3, 0.4) is 0 Å². The first-order valence-corrected chi connectivity index (χ1v) is 7.59. The van der Waals surface area contributed by atoms with Crippen molar-refractivity contribution in [1.82, 2.24) is 9.88 Å². The topological polar surface area (TPSA) is 33.2 Å². The summed E-state index contributed by atoms with van der Waals surface area (Å²) in [5.41, 5.74) is 1.16. The third-order valence-electron chi connectivity index (χ3n) is 3.55. The normalized spacial score (nSPS) is 18.2. The van der Waals surface area contributed by atoms with E-state index in [1.807, 2.05) is 35.4 Å². The van der Waals surface area contributed by atoms with Crippen LogP contribution in [-0.4, -0.2) is 22.8 Å². The van der Waals surface area contributed by atoms with Crippen molar-refractivity contribution in [2.45, 2.75) is 28.8 Å². The van der Waals surface area contributed by atoms with Gasteiger partial charge in [-0.05, 0) is 31.0 Å². The lowest BCUT2D eigenvalue weighted by Gasteiger charge is -2.22. The fraction of sp³-hybridized carbons (Fsp3) is 0.250. The first kappa shape index (κ1) is 13.2. The zero-order chi connectivity index (χ0) is 13.8. The predicted octanol–water partition coefficient (Wildman–Crippen LogP) is 3.53. The monoisotopic (exact) mass is 284 g/mol. The molecule has 2 aromatic rings. The van der Waals surface area contributed by atoms with E-state index in [1.165, 1.54) is 4.90 Å². The molecule has 1 saturated heterocycles. The summed E-state index contributed by atoms with van der Waals surface area (Å²) >= 11 is 1.66. The van der Waals surface area contributed by atoms with Crippen molar-refractivity contribution in [2.75, 3.05) is 6.54 Å². The average Bonchev–Trinajstić information content (AvgIpc) is 2.97. The number of nitrogens with zero attached hydrogens (tertiary/aromatic N) is 2. The van der Waals surface area contributed by atoms with Gasteiger partial charge in [-0.2, -0.15) is 0 Å². The van der Waals surface area contributed by atoms with Crippen molar-refractivity contribution in [3.63, 3.8) is 0 Å². The highest BCUT2D eigenvalue weighted by molar-refractivity contribution is 7.99. The zero-order valence-corrected chi connectivity index (χ0v) is 11.9. The molecule has 1 fully saturated rings. The number of rotatable bonds is 4. The Balaban J connectivity index is 1.90. The first-order valence-electron chi connectivity index (χ1n) is 6.77. The van der Waals surface area contributed by atoms with Gasteiger partial charge in [0.15, 0.2) is 0 Å². The Hall–Kier alpha value is -1.81. The molecule has 4 heteroatoms. The van der Waals surface area contributed by atoms with Gasteiger partial charge in [0.2, 0.25) is 6.41 Å². The zero-order valence-electron chi connectivity index (χ0n) is 11.1. The summed E-state index contributed by atoms with van der Waals surface area (Å²) in [4.78, 5) is 18.7. The maximum atomic E-state index is 11.2. The van der Waals surface area contributed by atoms with Gasteiger partial charge < -0.3 is 4.90 Å². The van der Waals surface area contributed by atoms with Crippen LogP contribution < -0.4 is 0 Å². The number of likely N-dealkylation sites (tertiary alicyclic amines) is 1. The molecule has 0 saturated carbocycles. The summed E-state index contributed by atoms with van der Waals surface area (Å²) in [6, 6.07) is 14.4. The molecule has 3 nitrogen and oxygen atoms in total. The van der Waals surface area contributed by atoms with Crippen LogP contribution in [0.15, 0.2) is 58.6 Å². The predicted molar refractivity (Wildman–Crippen MR) is 79.5 cm³/mol. The molecule has 3 rings (SSSR count). The Morgan fingerprint density at radius 1 is 1.20 bits per heavy atom. The van der Waals surface area contributed by atoms with Gasteiger partial charge in [0.1, 0.15) is 5.03 Å². The van der Waals surface area contributed by atoms with Gasteiger partial charge in [-0.25, -0.2) is 4.98 Å². The van der Waals surface area contributed by atoms with Crippen LogP contribution in [0.2, 0.25) is 0 Å². The Kier molecular flexibility index (Phi) is 4.02. The molecule has 1 aliphatic rings. The Labute approximate surface area is 123 Å². The Bertz CT molecular complexity index is 588. The number of aromatic nitrogens is 1. The van der Waals surface area contributed by atoms with Crippen molar-refractivity contribution in [2.24, 2.45) is 0 Å². The maximum Gasteiger partial charge on any atom is 0.210 e. The van der Waals surface area contributed by atoms with Crippen LogP contribution in [0, 0.1) is 0 Å². The number of pyridine rings is 1. The molecule has 2 heterocycles. The lowest BCUT2D eigenvalue weighted by Crippen LogP contribution is -2.21. The van der Waals surface area contributed by atoms with Gasteiger partial charge >= 0.3 is 0 Å². The summed E-state index contributed by atoms with van der Waals surface area (Å²) in [5.74, 6) is 0. The fourth-order valence-electron chi connectivity index (χ4n) is 2.59. The van der Waals surface area contributed by atoms with Crippen molar-refractivity contribution in [1.29, 1.82) is 0 Å². The highest BCUT2D eigenvalue weighted by atomic mass is 32.2. The number of hydrogen-bond acceptors (Lipinski definition) is 3. The van der Waals surface area contributed by atoms with E-state index >= 15 is 0 Å². The molecule has 0 radical (unpaired) electrons. The minimum atomic E-state index is 0.174. The SMILES string of the molecule is O=CN1CCCC1c1cccnc1Sc1ccccc1. The van der Waals surface area contributed by atoms with E-state index in [4.69, 9.17) is 0 Å². The van der Waals surface area contributed by atoms with Crippen LogP contribution in [0.1, 0.15) is 24.4 Å². The third-order valence-corrected chi connectivity index (χ3v) is 4.59. The van der Waals surface area contributed by atoms with Crippen molar-refractivity contribution in [3.05, 3.63) is 54.2 Å². The van der Waals surface area contributed by atoms with Crippen LogP contribution >= 0.6 is 11.8 Å². The third kappa shape index (κ3) is 2.70. The summed E-state index contributed by atoms with van der Waals surface area (Å²) in [7, 11) is 0. The van der Waals surface area contributed by atoms with Crippen molar-refractivity contribution >= 4 is 18.2 Å². The van der Waals surface area contributed by atoms with Gasteiger partial charge in [0, 0.05) is 23.2 Å². The lowest BCUT2D eigenvalue weighted by atomic mass is 10.1. The van der Waals surface area contributed by atoms with Crippen molar-refractivity contribution in [3.8, 4) is 0 Å². The van der Waals surface area contributed by atoms with Crippen LogP contribution in [0.5, 0.6) is 0 Å². The molecule has 1 aliphatic heterocycles. The average molecular weight is 284 g/mol. The summed E-state index contributed by atoms with van der Waals surface area (Å²) in [6.45, 7) is 0.846. The second-order valence-electron chi connectivity index (χ2n) is 4.81. The van der Waals surface area contributed by atoms with E-state index in [0.29, 0.717) is 0 Å². The van der Waals surface area contributed by atoms with Gasteiger partial charge in [-0.3, -0.25) is 4.79 Å². The van der Waals surface area contributed by atoms with Crippen LogP contribution in [-0.2, 0) is 4.79 Å². The highest BCUT2D eigenvalue weighted by Crippen LogP contribution is 2.37. The highest BCUT2D eigenvalue weighted by Gasteiger charge is 2.27. The fourth-order valence-corrected chi connectivity index (χ4v) is 3.54. The minimum Gasteiger partial charge on any atom is -0.338 e. The smallest absolute Gasteiger partial charge is 0.210 e. The van der Waals surface area contributed by atoms with Gasteiger partial charge in [-0.15, -0.1) is 0 Å². The number of carbonyl (C=O) groups excluding carboxylic acids is 1. The quantitative estimate of drug-likeness (QED) is 0.805. The van der Waals surface area contributed by atoms with E-state index in [9.17, 15) is 4.79 Å². The van der Waals surface area contributed by atoms with E-state index < -0.39 is 0 Å². The second-order valence-corrected chi connectivity index (χ2v) is 5.88. The van der Waals surface area contributed by atoms with E-state index in [-0.39, 0.29) is 6.04 Å². The molecule has 1 amide bonds. The maximum absolute atomic E-state index is 11.2. The molecule has 1 aromatic carbocycles. The number of amides is 1. The molecule has 0 bridgehead atoms. The summed E-state index contributed by atoms with van der Waals surface area (Å²) in [6.07, 6.45) is 4.86. The molecular weight excluding hydrogens is 268 g/mol.